The first-order valence-corrected chi connectivity index (χ1v) is 10.4. The maximum absolute atomic E-state index is 13.7. The number of hydrogen-bond acceptors (Lipinski definition) is 4. The van der Waals surface area contributed by atoms with E-state index in [1.807, 2.05) is 17.8 Å². The number of rotatable bonds is 3. The number of carbonyl (C=O) groups excluding carboxylic acids is 1. The third-order valence-corrected chi connectivity index (χ3v) is 6.61. The maximum Gasteiger partial charge on any atom is 0.245 e. The Hall–Kier alpha value is -0.460. The average Bonchev–Trinajstić information content (AvgIpc) is 2.90. The van der Waals surface area contributed by atoms with Gasteiger partial charge in [-0.15, -0.1) is 24.8 Å². The molecule has 3 unspecified atom stereocenters. The fraction of sp³-hybridized carbons (Fsp3) is 0.632. The second-order valence-electron chi connectivity index (χ2n) is 7.08. The lowest BCUT2D eigenvalue weighted by Crippen LogP contribution is -2.50. The van der Waals surface area contributed by atoms with Gasteiger partial charge in [0.15, 0.2) is 0 Å². The maximum atomic E-state index is 13.7. The molecule has 1 aromatic carbocycles. The van der Waals surface area contributed by atoms with E-state index in [-0.39, 0.29) is 30.9 Å². The molecule has 3 fully saturated rings. The van der Waals surface area contributed by atoms with Crippen molar-refractivity contribution in [2.45, 2.75) is 37.4 Å². The van der Waals surface area contributed by atoms with Crippen LogP contribution in [0, 0.1) is 0 Å². The fourth-order valence-electron chi connectivity index (χ4n) is 4.46. The Labute approximate surface area is 173 Å². The minimum Gasteiger partial charge on any atom is -0.334 e. The molecule has 146 valence electrons. The number of nitrogens with one attached hydrogen (secondary N) is 1. The van der Waals surface area contributed by atoms with E-state index in [9.17, 15) is 4.79 Å². The second kappa shape index (κ2) is 10.2. The third-order valence-electron chi connectivity index (χ3n) is 5.67. The highest BCUT2D eigenvalue weighted by atomic mass is 35.5. The number of benzene rings is 1. The molecule has 3 saturated heterocycles. The zero-order valence-electron chi connectivity index (χ0n) is 15.0. The summed E-state index contributed by atoms with van der Waals surface area (Å²) in [5, 5.41) is 3.51. The molecule has 0 aliphatic carbocycles. The summed E-state index contributed by atoms with van der Waals surface area (Å²) < 4.78 is 0. The zero-order valence-corrected chi connectivity index (χ0v) is 17.5. The number of hydrogen-bond donors (Lipinski definition) is 1. The molecule has 1 aromatic rings. The van der Waals surface area contributed by atoms with Gasteiger partial charge in [-0.25, -0.2) is 0 Å². The van der Waals surface area contributed by atoms with Gasteiger partial charge >= 0.3 is 0 Å². The Morgan fingerprint density at radius 3 is 2.46 bits per heavy atom. The molecule has 26 heavy (non-hydrogen) atoms. The molecule has 3 aliphatic rings. The predicted octanol–water partition coefficient (Wildman–Crippen LogP) is 2.97. The smallest absolute Gasteiger partial charge is 0.245 e. The van der Waals surface area contributed by atoms with Crippen molar-refractivity contribution < 1.29 is 4.79 Å². The SMILES string of the molecule is Cl.Cl.O=C(C(c1ccccc1)N1CCSCC1)N1C2CCNCC1CC2. The minimum atomic E-state index is -0.103. The summed E-state index contributed by atoms with van der Waals surface area (Å²) in [5.74, 6) is 2.60. The van der Waals surface area contributed by atoms with E-state index in [4.69, 9.17) is 0 Å². The lowest BCUT2D eigenvalue weighted by molar-refractivity contribution is -0.140. The standard InChI is InChI=1S/C19H27N3OS.2ClH/c23-19(22-16-6-7-17(22)14-20-9-8-16)18(15-4-2-1-3-5-15)21-10-12-24-13-11-21;;/h1-5,16-18,20H,6-14H2;2*1H. The van der Waals surface area contributed by atoms with Crippen LogP contribution in [0.3, 0.4) is 0 Å². The van der Waals surface area contributed by atoms with E-state index in [0.717, 1.165) is 56.1 Å². The summed E-state index contributed by atoms with van der Waals surface area (Å²) in [4.78, 5) is 18.3. The van der Waals surface area contributed by atoms with E-state index < -0.39 is 0 Å². The van der Waals surface area contributed by atoms with Gasteiger partial charge in [0.2, 0.25) is 5.91 Å². The molecule has 0 spiro atoms. The van der Waals surface area contributed by atoms with Gasteiger partial charge in [-0.05, 0) is 31.4 Å². The largest absolute Gasteiger partial charge is 0.334 e. The lowest BCUT2D eigenvalue weighted by atomic mass is 10.0. The highest BCUT2D eigenvalue weighted by molar-refractivity contribution is 7.99. The van der Waals surface area contributed by atoms with Gasteiger partial charge in [0.05, 0.1) is 0 Å². The fourth-order valence-corrected chi connectivity index (χ4v) is 5.40. The third kappa shape index (κ3) is 4.50. The van der Waals surface area contributed by atoms with Crippen LogP contribution in [0.4, 0.5) is 0 Å². The number of fused-ring (bicyclic) bond motifs is 2. The Balaban J connectivity index is 0.00000121. The molecule has 1 N–H and O–H groups in total. The van der Waals surface area contributed by atoms with E-state index in [2.05, 4.69) is 39.4 Å². The number of thioether (sulfide) groups is 1. The normalized spacial score (nSPS) is 27.0. The predicted molar refractivity (Wildman–Crippen MR) is 114 cm³/mol. The lowest BCUT2D eigenvalue weighted by Gasteiger charge is -2.38. The summed E-state index contributed by atoms with van der Waals surface area (Å²) in [5.41, 5.74) is 1.16. The van der Waals surface area contributed by atoms with Gasteiger partial charge < -0.3 is 10.2 Å². The summed E-state index contributed by atoms with van der Waals surface area (Å²) in [7, 11) is 0. The highest BCUT2D eigenvalue weighted by Crippen LogP contribution is 2.34. The van der Waals surface area contributed by atoms with Crippen LogP contribution in [-0.4, -0.2) is 65.5 Å². The molecule has 3 aliphatic heterocycles. The molecular weight excluding hydrogens is 389 g/mol. The molecule has 0 radical (unpaired) electrons. The Morgan fingerprint density at radius 1 is 1.04 bits per heavy atom. The average molecular weight is 418 g/mol. The van der Waals surface area contributed by atoms with Crippen molar-refractivity contribution in [2.75, 3.05) is 37.7 Å². The van der Waals surface area contributed by atoms with E-state index in [0.29, 0.717) is 18.0 Å². The van der Waals surface area contributed by atoms with Gasteiger partial charge in [-0.3, -0.25) is 9.69 Å². The van der Waals surface area contributed by atoms with E-state index in [1.165, 1.54) is 6.42 Å². The first-order chi connectivity index (χ1) is 11.8. The molecule has 3 atom stereocenters. The Bertz CT molecular complexity index is 557. The van der Waals surface area contributed by atoms with Crippen molar-refractivity contribution in [3.05, 3.63) is 35.9 Å². The number of nitrogens with zero attached hydrogens (tertiary/aromatic N) is 2. The monoisotopic (exact) mass is 417 g/mol. The van der Waals surface area contributed by atoms with E-state index in [1.54, 1.807) is 0 Å². The van der Waals surface area contributed by atoms with Crippen LogP contribution in [-0.2, 0) is 4.79 Å². The van der Waals surface area contributed by atoms with Gasteiger partial charge in [0.25, 0.3) is 0 Å². The molecule has 2 bridgehead atoms. The quantitative estimate of drug-likeness (QED) is 0.819. The molecule has 4 nitrogen and oxygen atoms in total. The number of amides is 1. The second-order valence-corrected chi connectivity index (χ2v) is 8.31. The highest BCUT2D eigenvalue weighted by Gasteiger charge is 2.42. The van der Waals surface area contributed by atoms with Crippen LogP contribution in [0.25, 0.3) is 0 Å². The van der Waals surface area contributed by atoms with Crippen molar-refractivity contribution in [1.29, 1.82) is 0 Å². The molecule has 4 rings (SSSR count). The van der Waals surface area contributed by atoms with Crippen LogP contribution in [0.2, 0.25) is 0 Å². The summed E-state index contributed by atoms with van der Waals surface area (Å²) in [6.45, 7) is 4.02. The van der Waals surface area contributed by atoms with E-state index >= 15 is 0 Å². The Morgan fingerprint density at radius 2 is 1.73 bits per heavy atom. The zero-order chi connectivity index (χ0) is 16.4. The Kier molecular flexibility index (Phi) is 8.55. The molecule has 1 amide bonds. The van der Waals surface area contributed by atoms with Crippen molar-refractivity contribution in [2.24, 2.45) is 0 Å². The minimum absolute atomic E-state index is 0. The van der Waals surface area contributed by atoms with Crippen LogP contribution in [0.5, 0.6) is 0 Å². The van der Waals surface area contributed by atoms with Gasteiger partial charge in [-0.2, -0.15) is 11.8 Å². The van der Waals surface area contributed by atoms with Crippen molar-refractivity contribution in [3.63, 3.8) is 0 Å². The topological polar surface area (TPSA) is 35.6 Å². The summed E-state index contributed by atoms with van der Waals surface area (Å²) in [6, 6.07) is 11.1. The molecule has 0 saturated carbocycles. The van der Waals surface area contributed by atoms with Gasteiger partial charge in [-0.1, -0.05) is 30.3 Å². The van der Waals surface area contributed by atoms with Crippen molar-refractivity contribution in [1.82, 2.24) is 15.1 Å². The first kappa shape index (κ1) is 21.8. The summed E-state index contributed by atoms with van der Waals surface area (Å²) in [6.07, 6.45) is 3.43. The summed E-state index contributed by atoms with van der Waals surface area (Å²) >= 11 is 2.00. The number of carbonyl (C=O) groups is 1. The van der Waals surface area contributed by atoms with Crippen LogP contribution >= 0.6 is 36.6 Å². The van der Waals surface area contributed by atoms with Crippen molar-refractivity contribution >= 4 is 42.5 Å². The molecule has 0 aromatic heterocycles. The van der Waals surface area contributed by atoms with Gasteiger partial charge in [0.1, 0.15) is 6.04 Å². The molecular formula is C19H29Cl2N3OS. The molecule has 7 heteroatoms. The molecule has 3 heterocycles. The van der Waals surface area contributed by atoms with Crippen molar-refractivity contribution in [3.8, 4) is 0 Å². The van der Waals surface area contributed by atoms with Crippen LogP contribution < -0.4 is 5.32 Å². The van der Waals surface area contributed by atoms with Crippen LogP contribution in [0.15, 0.2) is 30.3 Å². The van der Waals surface area contributed by atoms with Gasteiger partial charge in [0, 0.05) is 43.2 Å². The first-order valence-electron chi connectivity index (χ1n) is 9.24. The van der Waals surface area contributed by atoms with Crippen LogP contribution in [0.1, 0.15) is 30.9 Å². The number of halogens is 2.